The first-order valence-corrected chi connectivity index (χ1v) is 9.11. The molecule has 1 nitrogen and oxygen atoms in total. The van der Waals surface area contributed by atoms with Crippen molar-refractivity contribution in [1.82, 2.24) is 5.32 Å². The molecule has 21 heavy (non-hydrogen) atoms. The molecule has 0 radical (unpaired) electrons. The SMILES string of the molecule is CCNC(/C1=C/CCCCCC1)c1cc(C)c(Br)c(C)c1. The summed E-state index contributed by atoms with van der Waals surface area (Å²) in [6.07, 6.45) is 10.4. The number of nitrogens with one attached hydrogen (secondary N) is 1. The fourth-order valence-corrected chi connectivity index (χ4v) is 3.52. The van der Waals surface area contributed by atoms with Crippen molar-refractivity contribution in [2.45, 2.75) is 65.3 Å². The van der Waals surface area contributed by atoms with Gasteiger partial charge in [-0.3, -0.25) is 0 Å². The van der Waals surface area contributed by atoms with Crippen LogP contribution in [0, 0.1) is 13.8 Å². The van der Waals surface area contributed by atoms with Gasteiger partial charge in [0.05, 0.1) is 6.04 Å². The Hall–Kier alpha value is -0.600. The molecule has 2 rings (SSSR count). The third-order valence-electron chi connectivity index (χ3n) is 4.40. The second kappa shape index (κ2) is 8.14. The summed E-state index contributed by atoms with van der Waals surface area (Å²) in [5.74, 6) is 0. The summed E-state index contributed by atoms with van der Waals surface area (Å²) < 4.78 is 1.24. The van der Waals surface area contributed by atoms with Gasteiger partial charge in [0.25, 0.3) is 0 Å². The molecule has 0 saturated carbocycles. The topological polar surface area (TPSA) is 12.0 Å². The van der Waals surface area contributed by atoms with Gasteiger partial charge in [-0.1, -0.05) is 59.5 Å². The Morgan fingerprint density at radius 3 is 2.43 bits per heavy atom. The highest BCUT2D eigenvalue weighted by Gasteiger charge is 2.17. The van der Waals surface area contributed by atoms with E-state index in [-0.39, 0.29) is 0 Å². The van der Waals surface area contributed by atoms with Gasteiger partial charge in [-0.15, -0.1) is 0 Å². The van der Waals surface area contributed by atoms with Crippen molar-refractivity contribution >= 4 is 15.9 Å². The molecule has 0 bridgehead atoms. The van der Waals surface area contributed by atoms with Crippen LogP contribution in [0.25, 0.3) is 0 Å². The number of hydrogen-bond donors (Lipinski definition) is 1. The minimum atomic E-state index is 0.388. The standard InChI is InChI=1S/C19H28BrN/c1-4-21-19(16-10-8-6-5-7-9-11-16)17-12-14(2)18(20)15(3)13-17/h10,12-13,19,21H,4-9,11H2,1-3H3/b16-10+. The van der Waals surface area contributed by atoms with Crippen LogP contribution in [-0.2, 0) is 0 Å². The van der Waals surface area contributed by atoms with E-state index >= 15 is 0 Å². The molecule has 2 heteroatoms. The summed E-state index contributed by atoms with van der Waals surface area (Å²) in [6.45, 7) is 7.59. The molecule has 1 aliphatic rings. The summed E-state index contributed by atoms with van der Waals surface area (Å²) in [5, 5.41) is 3.71. The molecular formula is C19H28BrN. The lowest BCUT2D eigenvalue weighted by atomic mass is 9.89. The van der Waals surface area contributed by atoms with Crippen molar-refractivity contribution in [3.63, 3.8) is 0 Å². The fraction of sp³-hybridized carbons (Fsp3) is 0.579. The van der Waals surface area contributed by atoms with Crippen LogP contribution < -0.4 is 5.32 Å². The van der Waals surface area contributed by atoms with Gasteiger partial charge in [0.15, 0.2) is 0 Å². The molecule has 1 aliphatic carbocycles. The first-order chi connectivity index (χ1) is 10.1. The van der Waals surface area contributed by atoms with Gasteiger partial charge < -0.3 is 5.32 Å². The highest BCUT2D eigenvalue weighted by Crippen LogP contribution is 2.32. The lowest BCUT2D eigenvalue weighted by molar-refractivity contribution is 0.553. The largest absolute Gasteiger partial charge is 0.307 e. The molecule has 0 fully saturated rings. The number of rotatable bonds is 4. The monoisotopic (exact) mass is 349 g/mol. The van der Waals surface area contributed by atoms with Crippen LogP contribution in [-0.4, -0.2) is 6.54 Å². The first-order valence-electron chi connectivity index (χ1n) is 8.32. The molecule has 0 saturated heterocycles. The highest BCUT2D eigenvalue weighted by atomic mass is 79.9. The summed E-state index contributed by atoms with van der Waals surface area (Å²) >= 11 is 3.69. The highest BCUT2D eigenvalue weighted by molar-refractivity contribution is 9.10. The Kier molecular flexibility index (Phi) is 6.50. The van der Waals surface area contributed by atoms with E-state index in [1.165, 1.54) is 59.7 Å². The number of halogens is 1. The number of aryl methyl sites for hydroxylation is 2. The molecule has 1 aromatic carbocycles. The second-order valence-electron chi connectivity index (χ2n) is 6.19. The van der Waals surface area contributed by atoms with E-state index in [4.69, 9.17) is 0 Å². The van der Waals surface area contributed by atoms with Crippen molar-refractivity contribution in [1.29, 1.82) is 0 Å². The Labute approximate surface area is 138 Å². The van der Waals surface area contributed by atoms with Gasteiger partial charge in [-0.05, 0) is 62.8 Å². The first kappa shape index (κ1) is 16.8. The molecule has 0 amide bonds. The maximum Gasteiger partial charge on any atom is 0.0536 e. The Balaban J connectivity index is 2.33. The molecule has 0 heterocycles. The zero-order chi connectivity index (χ0) is 15.2. The second-order valence-corrected chi connectivity index (χ2v) is 6.98. The molecule has 0 aliphatic heterocycles. The van der Waals surface area contributed by atoms with Gasteiger partial charge >= 0.3 is 0 Å². The van der Waals surface area contributed by atoms with E-state index in [0.29, 0.717) is 6.04 Å². The van der Waals surface area contributed by atoms with E-state index in [9.17, 15) is 0 Å². The molecule has 0 aromatic heterocycles. The van der Waals surface area contributed by atoms with Gasteiger partial charge in [0, 0.05) is 4.47 Å². The van der Waals surface area contributed by atoms with Crippen LogP contribution in [0.2, 0.25) is 0 Å². The normalized spacial score (nSPS) is 20.3. The molecule has 116 valence electrons. The molecule has 1 unspecified atom stereocenters. The van der Waals surface area contributed by atoms with E-state index in [1.54, 1.807) is 5.57 Å². The van der Waals surface area contributed by atoms with Crippen LogP contribution in [0.3, 0.4) is 0 Å². The molecule has 1 N–H and O–H groups in total. The van der Waals surface area contributed by atoms with E-state index in [1.807, 2.05) is 0 Å². The van der Waals surface area contributed by atoms with Crippen LogP contribution in [0.15, 0.2) is 28.3 Å². The fourth-order valence-electron chi connectivity index (χ4n) is 3.29. The number of hydrogen-bond acceptors (Lipinski definition) is 1. The van der Waals surface area contributed by atoms with Gasteiger partial charge in [-0.2, -0.15) is 0 Å². The zero-order valence-electron chi connectivity index (χ0n) is 13.6. The van der Waals surface area contributed by atoms with E-state index < -0.39 is 0 Å². The summed E-state index contributed by atoms with van der Waals surface area (Å²) in [7, 11) is 0. The lowest BCUT2D eigenvalue weighted by Gasteiger charge is -2.25. The van der Waals surface area contributed by atoms with Crippen LogP contribution in [0.1, 0.15) is 68.2 Å². The molecule has 1 aromatic rings. The van der Waals surface area contributed by atoms with Gasteiger partial charge in [0.1, 0.15) is 0 Å². The number of likely N-dealkylation sites (N-methyl/N-ethyl adjacent to an activating group) is 1. The van der Waals surface area contributed by atoms with Crippen LogP contribution >= 0.6 is 15.9 Å². The minimum absolute atomic E-state index is 0.388. The molecule has 0 spiro atoms. The van der Waals surface area contributed by atoms with Crippen molar-refractivity contribution in [3.05, 3.63) is 44.9 Å². The average Bonchev–Trinajstić information content (AvgIpc) is 2.42. The van der Waals surface area contributed by atoms with E-state index in [2.05, 4.69) is 60.2 Å². The van der Waals surface area contributed by atoms with Crippen molar-refractivity contribution < 1.29 is 0 Å². The average molecular weight is 350 g/mol. The summed E-state index contributed by atoms with van der Waals surface area (Å²) in [6, 6.07) is 5.06. The van der Waals surface area contributed by atoms with Crippen molar-refractivity contribution in [2.75, 3.05) is 6.54 Å². The third-order valence-corrected chi connectivity index (χ3v) is 5.65. The smallest absolute Gasteiger partial charge is 0.0536 e. The maximum atomic E-state index is 3.71. The number of allylic oxidation sites excluding steroid dienone is 1. The van der Waals surface area contributed by atoms with Crippen molar-refractivity contribution in [2.24, 2.45) is 0 Å². The summed E-state index contributed by atoms with van der Waals surface area (Å²) in [5.41, 5.74) is 5.68. The molecule has 1 atom stereocenters. The predicted octanol–water partition coefficient (Wildman–Crippen LogP) is 6.00. The predicted molar refractivity (Wildman–Crippen MR) is 95.8 cm³/mol. The Bertz CT molecular complexity index is 481. The molecular weight excluding hydrogens is 322 g/mol. The zero-order valence-corrected chi connectivity index (χ0v) is 15.2. The van der Waals surface area contributed by atoms with Gasteiger partial charge in [0.2, 0.25) is 0 Å². The maximum absolute atomic E-state index is 3.71. The summed E-state index contributed by atoms with van der Waals surface area (Å²) in [4.78, 5) is 0. The minimum Gasteiger partial charge on any atom is -0.307 e. The lowest BCUT2D eigenvalue weighted by Crippen LogP contribution is -2.23. The quantitative estimate of drug-likeness (QED) is 0.657. The van der Waals surface area contributed by atoms with Crippen molar-refractivity contribution in [3.8, 4) is 0 Å². The van der Waals surface area contributed by atoms with Gasteiger partial charge in [-0.25, -0.2) is 0 Å². The Morgan fingerprint density at radius 1 is 1.10 bits per heavy atom. The van der Waals surface area contributed by atoms with E-state index in [0.717, 1.165) is 6.54 Å². The van der Waals surface area contributed by atoms with Crippen LogP contribution in [0.4, 0.5) is 0 Å². The van der Waals surface area contributed by atoms with Crippen LogP contribution in [0.5, 0.6) is 0 Å². The third kappa shape index (κ3) is 4.43. The number of benzene rings is 1. The Morgan fingerprint density at radius 2 is 1.76 bits per heavy atom.